The highest BCUT2D eigenvalue weighted by atomic mass is 19.1. The second-order valence-electron chi connectivity index (χ2n) is 5.69. The van der Waals surface area contributed by atoms with Gasteiger partial charge in [-0.25, -0.2) is 4.39 Å². The number of benzene rings is 2. The van der Waals surface area contributed by atoms with E-state index in [4.69, 9.17) is 0 Å². The molecule has 22 heavy (non-hydrogen) atoms. The molecule has 0 fully saturated rings. The minimum absolute atomic E-state index is 0.195. The van der Waals surface area contributed by atoms with Crippen LogP contribution < -0.4 is 10.2 Å². The van der Waals surface area contributed by atoms with E-state index in [1.165, 1.54) is 11.6 Å². The van der Waals surface area contributed by atoms with Crippen LogP contribution in [0.3, 0.4) is 0 Å². The van der Waals surface area contributed by atoms with Gasteiger partial charge in [0.05, 0.1) is 12.2 Å². The van der Waals surface area contributed by atoms with Gasteiger partial charge >= 0.3 is 0 Å². The minimum atomic E-state index is -0.396. The number of para-hydroxylation sites is 1. The zero-order chi connectivity index (χ0) is 15.5. The quantitative estimate of drug-likeness (QED) is 0.940. The van der Waals surface area contributed by atoms with Crippen LogP contribution in [0.4, 0.5) is 15.8 Å². The Morgan fingerprint density at radius 1 is 1.27 bits per heavy atom. The number of carbonyl (C=O) groups excluding carboxylic acids is 1. The third kappa shape index (κ3) is 3.11. The van der Waals surface area contributed by atoms with E-state index in [2.05, 4.69) is 16.3 Å². The van der Waals surface area contributed by atoms with Gasteiger partial charge in [0.2, 0.25) is 5.91 Å². The van der Waals surface area contributed by atoms with E-state index in [-0.39, 0.29) is 18.1 Å². The standard InChI is InChI=1S/C18H19FN2O/c1-13-8-9-16(15(19)11-13)20-18(22)12-21-10-4-6-14-5-2-3-7-17(14)21/h2-3,5,7-9,11H,4,6,10,12H2,1H3,(H,20,22). The van der Waals surface area contributed by atoms with E-state index in [9.17, 15) is 9.18 Å². The monoisotopic (exact) mass is 298 g/mol. The summed E-state index contributed by atoms with van der Waals surface area (Å²) in [7, 11) is 0. The largest absolute Gasteiger partial charge is 0.362 e. The van der Waals surface area contributed by atoms with Crippen LogP contribution in [0.15, 0.2) is 42.5 Å². The molecule has 2 aromatic rings. The number of nitrogens with zero attached hydrogens (tertiary/aromatic N) is 1. The predicted octanol–water partition coefficient (Wildman–Crippen LogP) is 3.53. The maximum Gasteiger partial charge on any atom is 0.243 e. The summed E-state index contributed by atoms with van der Waals surface area (Å²) in [6.45, 7) is 2.91. The fraction of sp³-hybridized carbons (Fsp3) is 0.278. The van der Waals surface area contributed by atoms with Gasteiger partial charge in [-0.05, 0) is 49.1 Å². The number of rotatable bonds is 3. The Bertz CT molecular complexity index is 699. The summed E-state index contributed by atoms with van der Waals surface area (Å²) in [6, 6.07) is 12.9. The Kier molecular flexibility index (Phi) is 4.09. The molecule has 0 aliphatic carbocycles. The fourth-order valence-electron chi connectivity index (χ4n) is 2.86. The van der Waals surface area contributed by atoms with Crippen LogP contribution in [0, 0.1) is 12.7 Å². The van der Waals surface area contributed by atoms with Crippen molar-refractivity contribution in [1.82, 2.24) is 0 Å². The summed E-state index contributed by atoms with van der Waals surface area (Å²) >= 11 is 0. The summed E-state index contributed by atoms with van der Waals surface area (Å²) in [4.78, 5) is 14.3. The molecular formula is C18H19FN2O. The zero-order valence-electron chi connectivity index (χ0n) is 12.6. The lowest BCUT2D eigenvalue weighted by Gasteiger charge is -2.30. The smallest absolute Gasteiger partial charge is 0.243 e. The van der Waals surface area contributed by atoms with Gasteiger partial charge < -0.3 is 10.2 Å². The summed E-state index contributed by atoms with van der Waals surface area (Å²) in [5, 5.41) is 2.66. The van der Waals surface area contributed by atoms with Gasteiger partial charge in [-0.2, -0.15) is 0 Å². The van der Waals surface area contributed by atoms with E-state index in [0.717, 1.165) is 30.6 Å². The Labute approximate surface area is 129 Å². The Morgan fingerprint density at radius 2 is 2.09 bits per heavy atom. The van der Waals surface area contributed by atoms with Crippen molar-refractivity contribution in [3.63, 3.8) is 0 Å². The number of amides is 1. The van der Waals surface area contributed by atoms with Gasteiger partial charge in [0.15, 0.2) is 0 Å². The molecule has 0 bridgehead atoms. The highest BCUT2D eigenvalue weighted by Gasteiger charge is 2.19. The second kappa shape index (κ2) is 6.18. The Balaban J connectivity index is 1.70. The number of hydrogen-bond acceptors (Lipinski definition) is 2. The van der Waals surface area contributed by atoms with Crippen molar-refractivity contribution in [1.29, 1.82) is 0 Å². The second-order valence-corrected chi connectivity index (χ2v) is 5.69. The molecular weight excluding hydrogens is 279 g/mol. The van der Waals surface area contributed by atoms with E-state index < -0.39 is 5.82 Å². The van der Waals surface area contributed by atoms with Gasteiger partial charge in [0.1, 0.15) is 5.82 Å². The molecule has 4 heteroatoms. The van der Waals surface area contributed by atoms with Crippen molar-refractivity contribution in [2.75, 3.05) is 23.3 Å². The maximum atomic E-state index is 13.8. The van der Waals surface area contributed by atoms with Crippen LogP contribution in [-0.4, -0.2) is 19.0 Å². The number of aryl methyl sites for hydroxylation is 2. The van der Waals surface area contributed by atoms with Gasteiger partial charge in [-0.3, -0.25) is 4.79 Å². The summed E-state index contributed by atoms with van der Waals surface area (Å²) in [5.41, 5.74) is 3.44. The molecule has 1 N–H and O–H groups in total. The lowest BCUT2D eigenvalue weighted by molar-refractivity contribution is -0.115. The van der Waals surface area contributed by atoms with Crippen molar-refractivity contribution in [2.24, 2.45) is 0 Å². The minimum Gasteiger partial charge on any atom is -0.362 e. The predicted molar refractivity (Wildman–Crippen MR) is 86.7 cm³/mol. The van der Waals surface area contributed by atoms with Gasteiger partial charge in [-0.15, -0.1) is 0 Å². The first-order chi connectivity index (χ1) is 10.6. The van der Waals surface area contributed by atoms with Crippen molar-refractivity contribution in [3.8, 4) is 0 Å². The molecule has 2 aromatic carbocycles. The normalized spacial score (nSPS) is 13.6. The number of nitrogens with one attached hydrogen (secondary N) is 1. The number of halogens is 1. The van der Waals surface area contributed by atoms with Crippen molar-refractivity contribution < 1.29 is 9.18 Å². The molecule has 3 rings (SSSR count). The molecule has 114 valence electrons. The molecule has 3 nitrogen and oxygen atoms in total. The molecule has 0 saturated carbocycles. The zero-order valence-corrected chi connectivity index (χ0v) is 12.6. The fourth-order valence-corrected chi connectivity index (χ4v) is 2.86. The molecule has 0 atom stereocenters. The number of anilines is 2. The molecule has 0 saturated heterocycles. The molecule has 0 spiro atoms. The lowest BCUT2D eigenvalue weighted by Crippen LogP contribution is -2.36. The summed E-state index contributed by atoms with van der Waals surface area (Å²) in [5.74, 6) is -0.591. The van der Waals surface area contributed by atoms with Gasteiger partial charge in [0.25, 0.3) is 0 Å². The molecule has 1 aliphatic heterocycles. The summed E-state index contributed by atoms with van der Waals surface area (Å²) < 4.78 is 13.8. The first kappa shape index (κ1) is 14.6. The molecule has 0 aromatic heterocycles. The Hall–Kier alpha value is -2.36. The topological polar surface area (TPSA) is 32.3 Å². The number of fused-ring (bicyclic) bond motifs is 1. The van der Waals surface area contributed by atoms with Crippen molar-refractivity contribution in [3.05, 3.63) is 59.4 Å². The van der Waals surface area contributed by atoms with Gasteiger partial charge in [0, 0.05) is 12.2 Å². The van der Waals surface area contributed by atoms with Crippen LogP contribution in [-0.2, 0) is 11.2 Å². The number of carbonyl (C=O) groups is 1. The van der Waals surface area contributed by atoms with E-state index in [1.54, 1.807) is 12.1 Å². The third-order valence-electron chi connectivity index (χ3n) is 3.94. The molecule has 1 aliphatic rings. The van der Waals surface area contributed by atoms with Crippen LogP contribution in [0.1, 0.15) is 17.5 Å². The highest BCUT2D eigenvalue weighted by Crippen LogP contribution is 2.26. The molecule has 1 amide bonds. The van der Waals surface area contributed by atoms with Crippen LogP contribution in [0.2, 0.25) is 0 Å². The SMILES string of the molecule is Cc1ccc(NC(=O)CN2CCCc3ccccc32)c(F)c1. The molecule has 0 unspecified atom stereocenters. The van der Waals surface area contributed by atoms with Gasteiger partial charge in [-0.1, -0.05) is 24.3 Å². The average Bonchev–Trinajstić information content (AvgIpc) is 2.50. The molecule has 0 radical (unpaired) electrons. The first-order valence-corrected chi connectivity index (χ1v) is 7.52. The van der Waals surface area contributed by atoms with Crippen LogP contribution in [0.25, 0.3) is 0 Å². The van der Waals surface area contributed by atoms with Crippen LogP contribution >= 0.6 is 0 Å². The molecule has 1 heterocycles. The first-order valence-electron chi connectivity index (χ1n) is 7.52. The highest BCUT2D eigenvalue weighted by molar-refractivity contribution is 5.94. The Morgan fingerprint density at radius 3 is 2.91 bits per heavy atom. The van der Waals surface area contributed by atoms with Crippen molar-refractivity contribution >= 4 is 17.3 Å². The maximum absolute atomic E-state index is 13.8. The third-order valence-corrected chi connectivity index (χ3v) is 3.94. The lowest BCUT2D eigenvalue weighted by atomic mass is 10.0. The summed E-state index contributed by atoms with van der Waals surface area (Å²) in [6.07, 6.45) is 2.07. The van der Waals surface area contributed by atoms with E-state index >= 15 is 0 Å². The van der Waals surface area contributed by atoms with Crippen molar-refractivity contribution in [2.45, 2.75) is 19.8 Å². The average molecular weight is 298 g/mol. The van der Waals surface area contributed by atoms with Crippen LogP contribution in [0.5, 0.6) is 0 Å². The number of hydrogen-bond donors (Lipinski definition) is 1. The van der Waals surface area contributed by atoms with E-state index in [0.29, 0.717) is 0 Å². The van der Waals surface area contributed by atoms with E-state index in [1.807, 2.05) is 25.1 Å².